The summed E-state index contributed by atoms with van der Waals surface area (Å²) in [4.78, 5) is 7.02. The molecule has 0 aromatic carbocycles. The lowest BCUT2D eigenvalue weighted by molar-refractivity contribution is -0.117. The molecule has 15 heavy (non-hydrogen) atoms. The van der Waals surface area contributed by atoms with Crippen LogP contribution in [0.4, 0.5) is 29.3 Å². The summed E-state index contributed by atoms with van der Waals surface area (Å²) in [7, 11) is 0. The first-order valence-corrected chi connectivity index (χ1v) is 3.90. The summed E-state index contributed by atoms with van der Waals surface area (Å²) < 4.78 is 48.4. The number of alkyl halides is 4. The fraction of sp³-hybridized carbons (Fsp3) is 0.429. The molecule has 1 aromatic heterocycles. The molecule has 0 atom stereocenters. The average molecular weight is 224 g/mol. The molecule has 1 heterocycles. The molecule has 0 aliphatic carbocycles. The van der Waals surface area contributed by atoms with E-state index in [-0.39, 0.29) is 11.8 Å². The number of nitrogens with zero attached hydrogens (tertiary/aromatic N) is 2. The van der Waals surface area contributed by atoms with E-state index in [0.717, 1.165) is 0 Å². The van der Waals surface area contributed by atoms with Crippen molar-refractivity contribution in [1.29, 1.82) is 0 Å². The summed E-state index contributed by atoms with van der Waals surface area (Å²) in [6.45, 7) is -1.21. The number of anilines is 2. The molecule has 0 fully saturated rings. The molecule has 1 rings (SSSR count). The van der Waals surface area contributed by atoms with Gasteiger partial charge >= 0.3 is 12.3 Å². The van der Waals surface area contributed by atoms with Gasteiger partial charge in [0.15, 0.2) is 0 Å². The minimum Gasteiger partial charge on any atom is -0.368 e. The molecular weight excluding hydrogens is 216 g/mol. The van der Waals surface area contributed by atoms with Crippen molar-refractivity contribution in [3.05, 3.63) is 12.3 Å². The average Bonchev–Trinajstić information content (AvgIpc) is 2.15. The van der Waals surface area contributed by atoms with Crippen molar-refractivity contribution in [2.45, 2.75) is 12.3 Å². The number of nitrogens with one attached hydrogen (secondary N) is 1. The van der Waals surface area contributed by atoms with Crippen LogP contribution in [0.25, 0.3) is 0 Å². The van der Waals surface area contributed by atoms with Crippen LogP contribution in [0.15, 0.2) is 12.3 Å². The van der Waals surface area contributed by atoms with Gasteiger partial charge in [0, 0.05) is 6.20 Å². The zero-order valence-electron chi connectivity index (χ0n) is 7.42. The summed E-state index contributed by atoms with van der Waals surface area (Å²) in [5, 5.41) is 2.05. The van der Waals surface area contributed by atoms with E-state index in [0.29, 0.717) is 0 Å². The number of hydrogen-bond donors (Lipinski definition) is 2. The number of aromatic nitrogens is 2. The predicted molar refractivity (Wildman–Crippen MR) is 45.9 cm³/mol. The van der Waals surface area contributed by atoms with Gasteiger partial charge in [-0.1, -0.05) is 0 Å². The Kier molecular flexibility index (Phi) is 3.28. The minimum atomic E-state index is -4.10. The first kappa shape index (κ1) is 11.5. The topological polar surface area (TPSA) is 63.8 Å². The molecule has 0 bridgehead atoms. The maximum absolute atomic E-state index is 12.4. The molecule has 0 unspecified atom stereocenters. The Morgan fingerprint density at radius 3 is 2.67 bits per heavy atom. The van der Waals surface area contributed by atoms with E-state index in [1.807, 2.05) is 5.32 Å². The van der Waals surface area contributed by atoms with E-state index < -0.39 is 18.9 Å². The maximum atomic E-state index is 12.4. The fourth-order valence-electron chi connectivity index (χ4n) is 0.758. The number of nitrogens with two attached hydrogens (primary N) is 1. The van der Waals surface area contributed by atoms with Gasteiger partial charge in [0.05, 0.1) is 6.54 Å². The molecule has 0 aliphatic rings. The highest BCUT2D eigenvalue weighted by molar-refractivity contribution is 5.37. The van der Waals surface area contributed by atoms with Gasteiger partial charge in [0.25, 0.3) is 0 Å². The predicted octanol–water partition coefficient (Wildman–Crippen LogP) is 1.37. The first-order chi connectivity index (χ1) is 6.92. The van der Waals surface area contributed by atoms with Gasteiger partial charge < -0.3 is 11.1 Å². The summed E-state index contributed by atoms with van der Waals surface area (Å²) >= 11 is 0. The highest BCUT2D eigenvalue weighted by atomic mass is 19.3. The van der Waals surface area contributed by atoms with Crippen LogP contribution >= 0.6 is 0 Å². The van der Waals surface area contributed by atoms with Crippen molar-refractivity contribution >= 4 is 11.8 Å². The molecule has 0 amide bonds. The molecular formula is C7H8F4N4. The van der Waals surface area contributed by atoms with Crippen LogP contribution in [0.1, 0.15) is 0 Å². The van der Waals surface area contributed by atoms with Crippen LogP contribution in [0.3, 0.4) is 0 Å². The maximum Gasteiger partial charge on any atom is 0.324 e. The summed E-state index contributed by atoms with van der Waals surface area (Å²) in [6, 6.07) is 1.25. The SMILES string of the molecule is Nc1nccc(NCC(F)(F)C(F)F)n1. The number of halogens is 4. The van der Waals surface area contributed by atoms with Gasteiger partial charge in [-0.15, -0.1) is 0 Å². The van der Waals surface area contributed by atoms with Crippen LogP contribution in [-0.4, -0.2) is 28.9 Å². The van der Waals surface area contributed by atoms with Crippen molar-refractivity contribution in [2.24, 2.45) is 0 Å². The zero-order chi connectivity index (χ0) is 11.5. The van der Waals surface area contributed by atoms with Crippen LogP contribution in [0.2, 0.25) is 0 Å². The van der Waals surface area contributed by atoms with Crippen LogP contribution in [0.5, 0.6) is 0 Å². The van der Waals surface area contributed by atoms with Crippen molar-refractivity contribution in [3.8, 4) is 0 Å². The standard InChI is InChI=1S/C7H8F4N4/c8-5(9)7(10,11)3-14-4-1-2-13-6(12)15-4/h1-2,5H,3H2,(H3,12,13,14,15). The van der Waals surface area contributed by atoms with Crippen molar-refractivity contribution in [1.82, 2.24) is 9.97 Å². The van der Waals surface area contributed by atoms with E-state index in [1.54, 1.807) is 0 Å². The molecule has 0 radical (unpaired) electrons. The number of hydrogen-bond acceptors (Lipinski definition) is 4. The molecule has 0 aliphatic heterocycles. The first-order valence-electron chi connectivity index (χ1n) is 3.90. The van der Waals surface area contributed by atoms with Crippen LogP contribution in [0, 0.1) is 0 Å². The highest BCUT2D eigenvalue weighted by Gasteiger charge is 2.40. The summed E-state index contributed by atoms with van der Waals surface area (Å²) in [6.07, 6.45) is -2.49. The van der Waals surface area contributed by atoms with E-state index in [4.69, 9.17) is 5.73 Å². The van der Waals surface area contributed by atoms with Gasteiger partial charge in [0.2, 0.25) is 5.95 Å². The second-order valence-electron chi connectivity index (χ2n) is 2.72. The lowest BCUT2D eigenvalue weighted by Gasteiger charge is -2.15. The van der Waals surface area contributed by atoms with Crippen LogP contribution < -0.4 is 11.1 Å². The second kappa shape index (κ2) is 4.28. The van der Waals surface area contributed by atoms with Gasteiger partial charge in [-0.3, -0.25) is 0 Å². The Bertz CT molecular complexity index is 331. The van der Waals surface area contributed by atoms with E-state index >= 15 is 0 Å². The zero-order valence-corrected chi connectivity index (χ0v) is 7.42. The van der Waals surface area contributed by atoms with Crippen LogP contribution in [-0.2, 0) is 0 Å². The second-order valence-corrected chi connectivity index (χ2v) is 2.72. The molecule has 1 aromatic rings. The van der Waals surface area contributed by atoms with E-state index in [1.165, 1.54) is 12.3 Å². The van der Waals surface area contributed by atoms with Gasteiger partial charge in [-0.2, -0.15) is 13.8 Å². The smallest absolute Gasteiger partial charge is 0.324 e. The molecule has 84 valence electrons. The highest BCUT2D eigenvalue weighted by Crippen LogP contribution is 2.22. The van der Waals surface area contributed by atoms with Gasteiger partial charge in [-0.25, -0.2) is 13.8 Å². The lowest BCUT2D eigenvalue weighted by atomic mass is 10.3. The fourth-order valence-corrected chi connectivity index (χ4v) is 0.758. The largest absolute Gasteiger partial charge is 0.368 e. The van der Waals surface area contributed by atoms with E-state index in [2.05, 4.69) is 9.97 Å². The number of nitrogen functional groups attached to an aromatic ring is 1. The molecule has 0 saturated heterocycles. The third kappa shape index (κ3) is 3.22. The van der Waals surface area contributed by atoms with E-state index in [9.17, 15) is 17.6 Å². The minimum absolute atomic E-state index is 0.0252. The molecule has 3 N–H and O–H groups in total. The third-order valence-corrected chi connectivity index (χ3v) is 1.50. The van der Waals surface area contributed by atoms with Crippen molar-refractivity contribution in [3.63, 3.8) is 0 Å². The lowest BCUT2D eigenvalue weighted by Crippen LogP contribution is -2.35. The summed E-state index contributed by atoms with van der Waals surface area (Å²) in [5.41, 5.74) is 5.16. The normalized spacial score (nSPS) is 11.8. The summed E-state index contributed by atoms with van der Waals surface area (Å²) in [5.74, 6) is -4.25. The molecule has 8 heteroatoms. The monoisotopic (exact) mass is 224 g/mol. The quantitative estimate of drug-likeness (QED) is 0.758. The van der Waals surface area contributed by atoms with Crippen molar-refractivity contribution < 1.29 is 17.6 Å². The molecule has 4 nitrogen and oxygen atoms in total. The molecule has 0 saturated carbocycles. The Hall–Kier alpha value is -1.60. The van der Waals surface area contributed by atoms with Gasteiger partial charge in [0.1, 0.15) is 5.82 Å². The Labute approximate surface area is 82.5 Å². The molecule has 0 spiro atoms. The Morgan fingerprint density at radius 2 is 2.13 bits per heavy atom. The Morgan fingerprint density at radius 1 is 1.47 bits per heavy atom. The third-order valence-electron chi connectivity index (χ3n) is 1.50. The number of rotatable bonds is 4. The van der Waals surface area contributed by atoms with Crippen molar-refractivity contribution in [2.75, 3.05) is 17.6 Å². The Balaban J connectivity index is 2.57. The van der Waals surface area contributed by atoms with Gasteiger partial charge in [-0.05, 0) is 6.07 Å².